The summed E-state index contributed by atoms with van der Waals surface area (Å²) in [6.45, 7) is 14.5. The Hall–Kier alpha value is -0.180. The highest BCUT2D eigenvalue weighted by molar-refractivity contribution is 7.58. The Balaban J connectivity index is 2.18. The van der Waals surface area contributed by atoms with Crippen LogP contribution in [0.5, 0.6) is 0 Å². The van der Waals surface area contributed by atoms with Gasteiger partial charge < -0.3 is 0 Å². The molecule has 0 radical (unpaired) electrons. The molecule has 2 rings (SSSR count). The largest absolute Gasteiger partial charge is 0.100 e. The van der Waals surface area contributed by atoms with Crippen LogP contribution in [0, 0.1) is 11.8 Å². The van der Waals surface area contributed by atoms with Gasteiger partial charge in [-0.1, -0.05) is 89.1 Å². The molecule has 0 fully saturated rings. The number of hydrogen-bond acceptors (Lipinski definition) is 0. The molecule has 0 N–H and O–H groups in total. The minimum absolute atomic E-state index is 0.135. The van der Waals surface area contributed by atoms with Gasteiger partial charge in [-0.2, -0.15) is 0 Å². The molecule has 0 spiro atoms. The molecule has 2 aliphatic carbocycles. The van der Waals surface area contributed by atoms with E-state index in [0.29, 0.717) is 11.8 Å². The number of rotatable bonds is 9. The Labute approximate surface area is 153 Å². The molecular weight excluding hydrogens is 326 g/mol. The van der Waals surface area contributed by atoms with Crippen molar-refractivity contribution in [2.24, 2.45) is 11.8 Å². The lowest BCUT2D eigenvalue weighted by Crippen LogP contribution is -2.23. The molecule has 0 aromatic rings. The summed E-state index contributed by atoms with van der Waals surface area (Å²) in [7, 11) is 0.269. The van der Waals surface area contributed by atoms with E-state index in [1.165, 1.54) is 24.6 Å². The first-order valence-corrected chi connectivity index (χ1v) is 13.4. The average Bonchev–Trinajstić information content (AvgIpc) is 3.25. The summed E-state index contributed by atoms with van der Waals surface area (Å²) in [5.74, 6) is 1.22. The SMILES string of the molecule is CCP(CC)[C@@H](C)C1=CC=CC1C1C=CC=C1[C@H](C)P(CC)CC. The van der Waals surface area contributed by atoms with E-state index in [-0.39, 0.29) is 15.8 Å². The van der Waals surface area contributed by atoms with E-state index < -0.39 is 0 Å². The second-order valence-corrected chi connectivity index (χ2v) is 13.4. The van der Waals surface area contributed by atoms with Gasteiger partial charge in [0.25, 0.3) is 0 Å². The van der Waals surface area contributed by atoms with Crippen LogP contribution in [0.1, 0.15) is 41.5 Å². The molecular formula is C22H36P2. The van der Waals surface area contributed by atoms with Gasteiger partial charge in [0, 0.05) is 11.8 Å². The smallest absolute Gasteiger partial charge is 0.00899 e. The third-order valence-corrected chi connectivity index (χ3v) is 12.1. The summed E-state index contributed by atoms with van der Waals surface area (Å²) in [4.78, 5) is 0. The van der Waals surface area contributed by atoms with Gasteiger partial charge in [-0.05, 0) is 36.0 Å². The van der Waals surface area contributed by atoms with Gasteiger partial charge in [-0.3, -0.25) is 0 Å². The summed E-state index contributed by atoms with van der Waals surface area (Å²) in [5.41, 5.74) is 4.94. The maximum Gasteiger partial charge on any atom is 0.00899 e. The van der Waals surface area contributed by atoms with Crippen LogP contribution in [0.2, 0.25) is 0 Å². The van der Waals surface area contributed by atoms with Crippen molar-refractivity contribution < 1.29 is 0 Å². The molecule has 0 aromatic carbocycles. The van der Waals surface area contributed by atoms with E-state index in [4.69, 9.17) is 0 Å². The zero-order chi connectivity index (χ0) is 17.7. The van der Waals surface area contributed by atoms with Crippen molar-refractivity contribution >= 4 is 15.8 Å². The number of hydrogen-bond donors (Lipinski definition) is 0. The molecule has 0 bridgehead atoms. The molecule has 24 heavy (non-hydrogen) atoms. The topological polar surface area (TPSA) is 0 Å². The fourth-order valence-corrected chi connectivity index (χ4v) is 8.92. The molecule has 0 saturated heterocycles. The lowest BCUT2D eigenvalue weighted by Gasteiger charge is -2.34. The lowest BCUT2D eigenvalue weighted by atomic mass is 9.82. The van der Waals surface area contributed by atoms with Crippen LogP contribution in [0.15, 0.2) is 47.6 Å². The van der Waals surface area contributed by atoms with E-state index >= 15 is 0 Å². The van der Waals surface area contributed by atoms with Gasteiger partial charge in [0.15, 0.2) is 0 Å². The lowest BCUT2D eigenvalue weighted by molar-refractivity contribution is 0.595. The molecule has 2 heteroatoms. The molecule has 4 atom stereocenters. The van der Waals surface area contributed by atoms with Crippen LogP contribution >= 0.6 is 15.8 Å². The van der Waals surface area contributed by atoms with Gasteiger partial charge in [-0.25, -0.2) is 0 Å². The van der Waals surface area contributed by atoms with Gasteiger partial charge in [0.05, 0.1) is 0 Å². The number of allylic oxidation sites excluding steroid dienone is 8. The molecule has 0 heterocycles. The monoisotopic (exact) mass is 362 g/mol. The molecule has 2 aliphatic rings. The molecule has 2 unspecified atom stereocenters. The predicted octanol–water partition coefficient (Wildman–Crippen LogP) is 7.03. The molecule has 134 valence electrons. The van der Waals surface area contributed by atoms with Crippen LogP contribution in [-0.4, -0.2) is 36.0 Å². The maximum absolute atomic E-state index is 2.49. The van der Waals surface area contributed by atoms with Crippen molar-refractivity contribution in [1.82, 2.24) is 0 Å². The second-order valence-electron chi connectivity index (χ2n) is 6.95. The van der Waals surface area contributed by atoms with Crippen LogP contribution in [0.3, 0.4) is 0 Å². The zero-order valence-corrected chi connectivity index (χ0v) is 18.3. The minimum Gasteiger partial charge on any atom is -0.100 e. The normalized spacial score (nSPS) is 25.5. The van der Waals surface area contributed by atoms with Crippen molar-refractivity contribution in [1.29, 1.82) is 0 Å². The molecule has 0 aromatic heterocycles. The quantitative estimate of drug-likeness (QED) is 0.386. The standard InChI is InChI=1S/C22H36P2/c1-7-23(8-2)17(5)19-13-11-15-21(19)22-16-12-14-20(22)18(6)24(9-3)10-4/h11-18,21-22H,7-10H2,1-6H3/t17-,18-,21?,22?/m0/s1. The Bertz CT molecular complexity index is 470. The molecule has 0 saturated carbocycles. The van der Waals surface area contributed by atoms with Gasteiger partial charge >= 0.3 is 0 Å². The Morgan fingerprint density at radius 3 is 1.33 bits per heavy atom. The minimum atomic E-state index is 0.135. The van der Waals surface area contributed by atoms with Crippen LogP contribution in [0.4, 0.5) is 0 Å². The fraction of sp³-hybridized carbons (Fsp3) is 0.636. The Morgan fingerprint density at radius 2 is 1.04 bits per heavy atom. The van der Waals surface area contributed by atoms with Gasteiger partial charge in [-0.15, -0.1) is 15.8 Å². The fourth-order valence-electron chi connectivity index (χ4n) is 4.47. The van der Waals surface area contributed by atoms with Crippen molar-refractivity contribution in [3.05, 3.63) is 47.6 Å². The third kappa shape index (κ3) is 4.14. The summed E-state index contributed by atoms with van der Waals surface area (Å²) >= 11 is 0. The highest BCUT2D eigenvalue weighted by Gasteiger charge is 2.34. The van der Waals surface area contributed by atoms with Crippen LogP contribution in [-0.2, 0) is 0 Å². The predicted molar refractivity (Wildman–Crippen MR) is 116 cm³/mol. The Kier molecular flexibility index (Phi) is 7.97. The van der Waals surface area contributed by atoms with E-state index in [1.54, 1.807) is 11.1 Å². The third-order valence-electron chi connectivity index (χ3n) is 6.06. The van der Waals surface area contributed by atoms with Crippen molar-refractivity contribution in [2.75, 3.05) is 24.6 Å². The van der Waals surface area contributed by atoms with Gasteiger partial charge in [0.2, 0.25) is 0 Å². The summed E-state index contributed by atoms with van der Waals surface area (Å²) in [6, 6.07) is 0. The first kappa shape index (κ1) is 20.1. The maximum atomic E-state index is 2.49. The summed E-state index contributed by atoms with van der Waals surface area (Å²) in [5, 5.41) is 0. The first-order chi connectivity index (χ1) is 11.6. The molecule has 0 aliphatic heterocycles. The van der Waals surface area contributed by atoms with E-state index in [1.807, 2.05) is 0 Å². The van der Waals surface area contributed by atoms with Crippen molar-refractivity contribution in [3.8, 4) is 0 Å². The zero-order valence-electron chi connectivity index (χ0n) is 16.5. The first-order valence-electron chi connectivity index (χ1n) is 9.83. The summed E-state index contributed by atoms with van der Waals surface area (Å²) in [6.07, 6.45) is 19.9. The average molecular weight is 362 g/mol. The molecule has 0 amide bonds. The van der Waals surface area contributed by atoms with Gasteiger partial charge in [0.1, 0.15) is 0 Å². The van der Waals surface area contributed by atoms with Crippen molar-refractivity contribution in [2.45, 2.75) is 52.9 Å². The van der Waals surface area contributed by atoms with E-state index in [9.17, 15) is 0 Å². The summed E-state index contributed by atoms with van der Waals surface area (Å²) < 4.78 is 0. The van der Waals surface area contributed by atoms with E-state index in [2.05, 4.69) is 78.0 Å². The highest BCUT2D eigenvalue weighted by Crippen LogP contribution is 2.52. The second kappa shape index (κ2) is 9.50. The Morgan fingerprint density at radius 1 is 0.708 bits per heavy atom. The van der Waals surface area contributed by atoms with Crippen molar-refractivity contribution in [3.63, 3.8) is 0 Å². The molecule has 0 nitrogen and oxygen atoms in total. The highest BCUT2D eigenvalue weighted by atomic mass is 31.1. The van der Waals surface area contributed by atoms with E-state index in [0.717, 1.165) is 11.3 Å². The van der Waals surface area contributed by atoms with Crippen LogP contribution in [0.25, 0.3) is 0 Å². The van der Waals surface area contributed by atoms with Crippen LogP contribution < -0.4 is 0 Å².